The second kappa shape index (κ2) is 8.33. The molecule has 1 aliphatic heterocycles. The lowest BCUT2D eigenvalue weighted by Crippen LogP contribution is -2.45. The van der Waals surface area contributed by atoms with Crippen LogP contribution in [0.25, 0.3) is 5.69 Å². The molecule has 6 nitrogen and oxygen atoms in total. The van der Waals surface area contributed by atoms with Crippen LogP contribution in [0.5, 0.6) is 0 Å². The molecule has 2 heterocycles. The zero-order valence-electron chi connectivity index (χ0n) is 15.3. The highest BCUT2D eigenvalue weighted by Gasteiger charge is 2.25. The average molecular weight is 365 g/mol. The van der Waals surface area contributed by atoms with Gasteiger partial charge in [-0.1, -0.05) is 48.5 Å². The minimum atomic E-state index is -0.326. The molecule has 0 bridgehead atoms. The molecule has 4 rings (SSSR count). The molecule has 1 saturated heterocycles. The van der Waals surface area contributed by atoms with E-state index < -0.39 is 0 Å². The Labute approximate surface area is 158 Å². The predicted octanol–water partition coefficient (Wildman–Crippen LogP) is 2.00. The first-order chi connectivity index (χ1) is 13.3. The summed E-state index contributed by atoms with van der Waals surface area (Å²) in [5.41, 5.74) is 2.51. The Kier molecular flexibility index (Phi) is 5.46. The highest BCUT2D eigenvalue weighted by molar-refractivity contribution is 5.21. The van der Waals surface area contributed by atoms with Gasteiger partial charge < -0.3 is 5.32 Å². The van der Waals surface area contributed by atoms with Crippen LogP contribution >= 0.6 is 0 Å². The number of aromatic amines is 1. The molecule has 27 heavy (non-hydrogen) atoms. The van der Waals surface area contributed by atoms with E-state index in [2.05, 4.69) is 45.8 Å². The van der Waals surface area contributed by atoms with Gasteiger partial charge in [0.15, 0.2) is 0 Å². The molecule has 140 valence electrons. The number of para-hydroxylation sites is 1. The van der Waals surface area contributed by atoms with E-state index in [0.717, 1.165) is 38.2 Å². The number of piperidine rings is 1. The van der Waals surface area contributed by atoms with Crippen molar-refractivity contribution in [3.05, 3.63) is 82.3 Å². The largest absolute Gasteiger partial charge is 0.431 e. The van der Waals surface area contributed by atoms with Crippen LogP contribution in [-0.2, 0) is 13.1 Å². The topological polar surface area (TPSA) is 65.2 Å². The number of rotatable bonds is 6. The van der Waals surface area contributed by atoms with E-state index in [0.29, 0.717) is 18.3 Å². The Bertz CT molecular complexity index is 897. The van der Waals surface area contributed by atoms with Crippen molar-refractivity contribution in [1.29, 1.82) is 0 Å². The van der Waals surface area contributed by atoms with Gasteiger partial charge in [-0.05, 0) is 41.4 Å². The highest BCUT2D eigenvalue weighted by Crippen LogP contribution is 2.14. The molecule has 1 aliphatic rings. The summed E-state index contributed by atoms with van der Waals surface area (Å²) in [5, 5.41) is 6.23. The van der Waals surface area contributed by atoms with Crippen LogP contribution in [0, 0.1) is 0 Å². The fourth-order valence-electron chi connectivity index (χ4n) is 3.61. The van der Waals surface area contributed by atoms with Gasteiger partial charge in [0.05, 0.1) is 6.54 Å². The van der Waals surface area contributed by atoms with E-state index in [9.17, 15) is 4.79 Å². The zero-order chi connectivity index (χ0) is 18.5. The van der Waals surface area contributed by atoms with Gasteiger partial charge in [-0.3, -0.25) is 9.42 Å². The lowest BCUT2D eigenvalue weighted by Gasteiger charge is -2.32. The fraction of sp³-hybridized carbons (Fsp3) is 0.333. The second-order valence-corrected chi connectivity index (χ2v) is 7.02. The molecule has 0 unspecified atom stereocenters. The number of nitrogens with zero attached hydrogens (tertiary/aromatic N) is 2. The normalized spacial score (nSPS) is 15.9. The minimum absolute atomic E-state index is 0.326. The summed E-state index contributed by atoms with van der Waals surface area (Å²) in [7, 11) is 0. The van der Waals surface area contributed by atoms with Crippen LogP contribution in [0.15, 0.2) is 70.0 Å². The van der Waals surface area contributed by atoms with Gasteiger partial charge in [0.2, 0.25) is 5.69 Å². The summed E-state index contributed by atoms with van der Waals surface area (Å²) in [5.74, 6) is 0. The number of H-pyrrole nitrogens is 1. The Morgan fingerprint density at radius 3 is 2.41 bits per heavy atom. The predicted molar refractivity (Wildman–Crippen MR) is 102 cm³/mol. The summed E-state index contributed by atoms with van der Waals surface area (Å²) >= 11 is 0. The van der Waals surface area contributed by atoms with Gasteiger partial charge in [-0.2, -0.15) is 0 Å². The molecular formula is C21H25N4O2+. The minimum Gasteiger partial charge on any atom is -0.304 e. The fourth-order valence-corrected chi connectivity index (χ4v) is 3.61. The first kappa shape index (κ1) is 17.7. The first-order valence-corrected chi connectivity index (χ1v) is 9.47. The second-order valence-electron chi connectivity index (χ2n) is 7.02. The Balaban J connectivity index is 1.32. The quantitative estimate of drug-likeness (QED) is 0.656. The van der Waals surface area contributed by atoms with Crippen LogP contribution in [-0.4, -0.2) is 29.3 Å². The van der Waals surface area contributed by atoms with Crippen LogP contribution < -0.4 is 15.6 Å². The van der Waals surface area contributed by atoms with Gasteiger partial charge in [-0.15, -0.1) is 0 Å². The van der Waals surface area contributed by atoms with Crippen LogP contribution in [0.2, 0.25) is 0 Å². The molecule has 2 N–H and O–H groups in total. The molecule has 1 fully saturated rings. The third-order valence-electron chi connectivity index (χ3n) is 5.14. The maximum absolute atomic E-state index is 12.1. The van der Waals surface area contributed by atoms with Crippen LogP contribution in [0.4, 0.5) is 0 Å². The van der Waals surface area contributed by atoms with E-state index in [1.807, 2.05) is 30.3 Å². The van der Waals surface area contributed by atoms with Gasteiger partial charge in [0, 0.05) is 24.7 Å². The van der Waals surface area contributed by atoms with E-state index in [1.165, 1.54) is 5.56 Å². The Morgan fingerprint density at radius 1 is 1.04 bits per heavy atom. The van der Waals surface area contributed by atoms with Crippen molar-refractivity contribution in [3.8, 4) is 5.69 Å². The summed E-state index contributed by atoms with van der Waals surface area (Å²) in [6, 6.07) is 20.7. The zero-order valence-corrected chi connectivity index (χ0v) is 15.3. The molecular weight excluding hydrogens is 340 g/mol. The lowest BCUT2D eigenvalue weighted by atomic mass is 10.0. The summed E-state index contributed by atoms with van der Waals surface area (Å²) in [6.07, 6.45) is 2.15. The number of aromatic nitrogens is 2. The Hall–Kier alpha value is -2.70. The summed E-state index contributed by atoms with van der Waals surface area (Å²) in [6.45, 7) is 3.62. The average Bonchev–Trinajstić information content (AvgIpc) is 3.09. The molecule has 3 aromatic rings. The van der Waals surface area contributed by atoms with Crippen molar-refractivity contribution in [2.45, 2.75) is 32.0 Å². The molecule has 0 radical (unpaired) electrons. The van der Waals surface area contributed by atoms with Gasteiger partial charge in [0.1, 0.15) is 0 Å². The summed E-state index contributed by atoms with van der Waals surface area (Å²) in [4.78, 5) is 14.6. The van der Waals surface area contributed by atoms with E-state index >= 15 is 0 Å². The molecule has 2 aromatic carbocycles. The standard InChI is InChI=1S/C21H24N4O2/c26-21-20(25(23-27-21)19-9-5-2-6-10-19)15-22-18-11-13-24(14-12-18)16-17-7-3-1-4-8-17/h1-10,18,22H,11-16H2/p+1. The number of likely N-dealkylation sites (tertiary alicyclic amines) is 1. The van der Waals surface area contributed by atoms with Crippen molar-refractivity contribution >= 4 is 0 Å². The molecule has 0 saturated carbocycles. The molecule has 0 atom stereocenters. The number of nitrogens with one attached hydrogen (secondary N) is 2. The first-order valence-electron chi connectivity index (χ1n) is 9.47. The number of hydrogen-bond donors (Lipinski definition) is 2. The highest BCUT2D eigenvalue weighted by atomic mass is 16.5. The lowest BCUT2D eigenvalue weighted by molar-refractivity contribution is -0.677. The van der Waals surface area contributed by atoms with Crippen LogP contribution in [0.1, 0.15) is 24.1 Å². The molecule has 6 heteroatoms. The van der Waals surface area contributed by atoms with Gasteiger partial charge in [-0.25, -0.2) is 4.79 Å². The smallest absolute Gasteiger partial charge is 0.304 e. The van der Waals surface area contributed by atoms with Crippen molar-refractivity contribution in [2.24, 2.45) is 0 Å². The van der Waals surface area contributed by atoms with E-state index in [4.69, 9.17) is 4.52 Å². The van der Waals surface area contributed by atoms with Crippen molar-refractivity contribution < 1.29 is 9.20 Å². The molecule has 0 aliphatic carbocycles. The Morgan fingerprint density at radius 2 is 1.70 bits per heavy atom. The monoisotopic (exact) mass is 365 g/mol. The molecule has 0 amide bonds. The van der Waals surface area contributed by atoms with Crippen molar-refractivity contribution in [1.82, 2.24) is 15.5 Å². The number of hydrogen-bond acceptors (Lipinski definition) is 4. The maximum atomic E-state index is 12.1. The van der Waals surface area contributed by atoms with E-state index in [-0.39, 0.29) is 5.63 Å². The molecule has 1 aromatic heterocycles. The van der Waals surface area contributed by atoms with Crippen molar-refractivity contribution in [2.75, 3.05) is 13.1 Å². The SMILES string of the molecule is O=c1o[nH][n+](-c2ccccc2)c1CNC1CCN(Cc2ccccc2)CC1. The number of benzene rings is 2. The van der Waals surface area contributed by atoms with Crippen molar-refractivity contribution in [3.63, 3.8) is 0 Å². The third-order valence-corrected chi connectivity index (χ3v) is 5.14. The van der Waals surface area contributed by atoms with Gasteiger partial charge in [0.25, 0.3) is 0 Å². The van der Waals surface area contributed by atoms with E-state index in [1.54, 1.807) is 4.68 Å². The maximum Gasteiger partial charge on any atom is 0.431 e. The third kappa shape index (κ3) is 4.35. The summed E-state index contributed by atoms with van der Waals surface area (Å²) < 4.78 is 6.72. The molecule has 0 spiro atoms. The van der Waals surface area contributed by atoms with Crippen LogP contribution in [0.3, 0.4) is 0 Å². The van der Waals surface area contributed by atoms with Gasteiger partial charge >= 0.3 is 11.3 Å².